The second kappa shape index (κ2) is 7.76. The average Bonchev–Trinajstić information content (AvgIpc) is 2.58. The maximum absolute atomic E-state index is 12.6. The van der Waals surface area contributed by atoms with Gasteiger partial charge in [0.2, 0.25) is 0 Å². The number of rotatable bonds is 4. The highest BCUT2D eigenvalue weighted by Crippen LogP contribution is 2.24. The first-order valence-corrected chi connectivity index (χ1v) is 9.08. The van der Waals surface area contributed by atoms with E-state index >= 15 is 0 Å². The molecule has 3 rings (SSSR count). The van der Waals surface area contributed by atoms with Gasteiger partial charge in [-0.1, -0.05) is 34.8 Å². The highest BCUT2D eigenvalue weighted by Gasteiger charge is 2.14. The van der Waals surface area contributed by atoms with Crippen LogP contribution >= 0.6 is 34.8 Å². The average molecular weight is 426 g/mol. The minimum absolute atomic E-state index is 0.0581. The van der Waals surface area contributed by atoms with Crippen LogP contribution in [0.1, 0.15) is 16.8 Å². The molecule has 6 nitrogen and oxygen atoms in total. The zero-order chi connectivity index (χ0) is 19.7. The summed E-state index contributed by atoms with van der Waals surface area (Å²) in [4.78, 5) is 27.4. The van der Waals surface area contributed by atoms with Gasteiger partial charge in [0.25, 0.3) is 11.1 Å². The van der Waals surface area contributed by atoms with Crippen LogP contribution in [-0.2, 0) is 6.54 Å². The monoisotopic (exact) mass is 424 g/mol. The SMILES string of the molecule is Cc1cc(C)c(CNc2cnn(-c3ccc(Cl)cc3Cl)c(=O)c2Cl)c(=O)[nH]1. The van der Waals surface area contributed by atoms with Crippen LogP contribution in [0.5, 0.6) is 0 Å². The number of H-pyrrole nitrogens is 1. The molecule has 0 fully saturated rings. The van der Waals surface area contributed by atoms with Crippen molar-refractivity contribution in [3.63, 3.8) is 0 Å². The first-order chi connectivity index (χ1) is 12.8. The molecule has 3 aromatic rings. The summed E-state index contributed by atoms with van der Waals surface area (Å²) in [5.41, 5.74) is 2.14. The molecule has 1 aromatic carbocycles. The summed E-state index contributed by atoms with van der Waals surface area (Å²) in [5.74, 6) is 0. The number of hydrogen-bond acceptors (Lipinski definition) is 4. The van der Waals surface area contributed by atoms with Gasteiger partial charge in [-0.25, -0.2) is 0 Å². The predicted octanol–water partition coefficient (Wildman–Crippen LogP) is 4.11. The maximum Gasteiger partial charge on any atom is 0.292 e. The first kappa shape index (κ1) is 19.5. The zero-order valence-electron chi connectivity index (χ0n) is 14.4. The van der Waals surface area contributed by atoms with E-state index in [1.54, 1.807) is 12.1 Å². The van der Waals surface area contributed by atoms with Crippen LogP contribution in [-0.4, -0.2) is 14.8 Å². The van der Waals surface area contributed by atoms with E-state index in [4.69, 9.17) is 34.8 Å². The molecule has 0 saturated carbocycles. The second-order valence-electron chi connectivity index (χ2n) is 5.98. The van der Waals surface area contributed by atoms with E-state index in [9.17, 15) is 9.59 Å². The second-order valence-corrected chi connectivity index (χ2v) is 7.20. The maximum atomic E-state index is 12.6. The Morgan fingerprint density at radius 3 is 2.56 bits per heavy atom. The van der Waals surface area contributed by atoms with Crippen LogP contribution in [0, 0.1) is 13.8 Å². The van der Waals surface area contributed by atoms with Crippen molar-refractivity contribution in [1.29, 1.82) is 0 Å². The van der Waals surface area contributed by atoms with Crippen molar-refractivity contribution in [2.24, 2.45) is 0 Å². The summed E-state index contributed by atoms with van der Waals surface area (Å²) in [6.07, 6.45) is 1.41. The van der Waals surface area contributed by atoms with E-state index in [0.29, 0.717) is 22.0 Å². The van der Waals surface area contributed by atoms with E-state index in [0.717, 1.165) is 15.9 Å². The van der Waals surface area contributed by atoms with E-state index in [1.807, 2.05) is 19.9 Å². The third-order valence-electron chi connectivity index (χ3n) is 4.01. The van der Waals surface area contributed by atoms with Crippen molar-refractivity contribution in [3.05, 3.63) is 83.1 Å². The minimum Gasteiger partial charge on any atom is -0.378 e. The lowest BCUT2D eigenvalue weighted by Gasteiger charge is -2.12. The van der Waals surface area contributed by atoms with Gasteiger partial charge >= 0.3 is 0 Å². The first-order valence-electron chi connectivity index (χ1n) is 7.94. The predicted molar refractivity (Wildman–Crippen MR) is 109 cm³/mol. The van der Waals surface area contributed by atoms with Gasteiger partial charge in [0.05, 0.1) is 22.6 Å². The van der Waals surface area contributed by atoms with E-state index in [1.165, 1.54) is 12.3 Å². The molecule has 0 atom stereocenters. The quantitative estimate of drug-likeness (QED) is 0.659. The lowest BCUT2D eigenvalue weighted by molar-refractivity contribution is 0.807. The molecule has 2 N–H and O–H groups in total. The lowest BCUT2D eigenvalue weighted by atomic mass is 10.1. The summed E-state index contributed by atoms with van der Waals surface area (Å²) in [5, 5.41) is 7.77. The molecule has 0 bridgehead atoms. The van der Waals surface area contributed by atoms with Gasteiger partial charge in [-0.15, -0.1) is 0 Å². The fourth-order valence-corrected chi connectivity index (χ4v) is 3.35. The molecular formula is C18H15Cl3N4O2. The molecule has 0 aliphatic rings. The van der Waals surface area contributed by atoms with Gasteiger partial charge in [-0.05, 0) is 43.7 Å². The summed E-state index contributed by atoms with van der Waals surface area (Å²) >= 11 is 18.2. The van der Waals surface area contributed by atoms with Crippen molar-refractivity contribution in [3.8, 4) is 5.69 Å². The van der Waals surface area contributed by atoms with Crippen molar-refractivity contribution < 1.29 is 0 Å². The lowest BCUT2D eigenvalue weighted by Crippen LogP contribution is -2.24. The third kappa shape index (κ3) is 4.03. The number of aromatic nitrogens is 3. The summed E-state index contributed by atoms with van der Waals surface area (Å²) in [7, 11) is 0. The number of nitrogens with one attached hydrogen (secondary N) is 2. The van der Waals surface area contributed by atoms with Crippen molar-refractivity contribution >= 4 is 40.5 Å². The number of pyridine rings is 1. The minimum atomic E-state index is -0.541. The standard InChI is InChI=1S/C18H15Cl3N4O2/c1-9-5-10(2)24-17(26)12(9)7-22-14-8-23-25(18(27)16(14)21)15-4-3-11(19)6-13(15)20/h3-6,8,22H,7H2,1-2H3,(H,24,26). The van der Waals surface area contributed by atoms with Crippen molar-refractivity contribution in [1.82, 2.24) is 14.8 Å². The fourth-order valence-electron chi connectivity index (χ4n) is 2.67. The Balaban J connectivity index is 1.92. The number of aryl methyl sites for hydroxylation is 2. The Labute approximate surface area is 169 Å². The Morgan fingerprint density at radius 1 is 1.15 bits per heavy atom. The van der Waals surface area contributed by atoms with Crippen LogP contribution in [0.4, 0.5) is 5.69 Å². The molecule has 0 amide bonds. The van der Waals surface area contributed by atoms with E-state index < -0.39 is 5.56 Å². The van der Waals surface area contributed by atoms with Gasteiger partial charge in [0, 0.05) is 22.8 Å². The number of hydrogen-bond donors (Lipinski definition) is 2. The molecule has 0 saturated heterocycles. The molecule has 0 radical (unpaired) electrons. The number of aromatic amines is 1. The molecular weight excluding hydrogens is 411 g/mol. The van der Waals surface area contributed by atoms with Gasteiger partial charge in [0.15, 0.2) is 0 Å². The van der Waals surface area contributed by atoms with E-state index in [-0.39, 0.29) is 22.1 Å². The molecule has 140 valence electrons. The molecule has 2 aromatic heterocycles. The van der Waals surface area contributed by atoms with Crippen LogP contribution in [0.2, 0.25) is 15.1 Å². The van der Waals surface area contributed by atoms with Crippen molar-refractivity contribution in [2.75, 3.05) is 5.32 Å². The molecule has 0 unspecified atom stereocenters. The largest absolute Gasteiger partial charge is 0.378 e. The summed E-state index contributed by atoms with van der Waals surface area (Å²) in [6, 6.07) is 6.57. The molecule has 27 heavy (non-hydrogen) atoms. The highest BCUT2D eigenvalue weighted by molar-refractivity contribution is 6.36. The van der Waals surface area contributed by atoms with Crippen LogP contribution in [0.15, 0.2) is 40.1 Å². The summed E-state index contributed by atoms with van der Waals surface area (Å²) in [6.45, 7) is 3.86. The summed E-state index contributed by atoms with van der Waals surface area (Å²) < 4.78 is 1.09. The normalized spacial score (nSPS) is 10.9. The van der Waals surface area contributed by atoms with E-state index in [2.05, 4.69) is 15.4 Å². The van der Waals surface area contributed by atoms with Crippen molar-refractivity contribution in [2.45, 2.75) is 20.4 Å². The smallest absolute Gasteiger partial charge is 0.292 e. The number of halogens is 3. The number of nitrogens with zero attached hydrogens (tertiary/aromatic N) is 2. The molecule has 0 aliphatic carbocycles. The topological polar surface area (TPSA) is 79.8 Å². The Hall–Kier alpha value is -2.28. The Bertz CT molecular complexity index is 1140. The number of benzene rings is 1. The zero-order valence-corrected chi connectivity index (χ0v) is 16.7. The van der Waals surface area contributed by atoms with Gasteiger partial charge in [0.1, 0.15) is 5.02 Å². The third-order valence-corrected chi connectivity index (χ3v) is 4.91. The molecule has 0 aliphatic heterocycles. The van der Waals surface area contributed by atoms with Gasteiger partial charge in [-0.3, -0.25) is 9.59 Å². The Kier molecular flexibility index (Phi) is 5.60. The van der Waals surface area contributed by atoms with Crippen LogP contribution in [0.3, 0.4) is 0 Å². The van der Waals surface area contributed by atoms with Gasteiger partial charge in [-0.2, -0.15) is 9.78 Å². The van der Waals surface area contributed by atoms with Gasteiger partial charge < -0.3 is 10.3 Å². The Morgan fingerprint density at radius 2 is 1.89 bits per heavy atom. The molecule has 2 heterocycles. The molecule has 9 heteroatoms. The van der Waals surface area contributed by atoms with Crippen LogP contribution in [0.25, 0.3) is 5.69 Å². The molecule has 0 spiro atoms. The fraction of sp³-hybridized carbons (Fsp3) is 0.167. The number of anilines is 1. The van der Waals surface area contributed by atoms with Crippen LogP contribution < -0.4 is 16.4 Å². The highest BCUT2D eigenvalue weighted by atomic mass is 35.5.